The largest absolute Gasteiger partial charge is 0.495 e. The summed E-state index contributed by atoms with van der Waals surface area (Å²) in [6.45, 7) is 3.86. The highest BCUT2D eigenvalue weighted by atomic mass is 32.1. The van der Waals surface area contributed by atoms with Gasteiger partial charge in [-0.25, -0.2) is 9.07 Å². The number of anilines is 2. The van der Waals surface area contributed by atoms with E-state index in [-0.39, 0.29) is 11.7 Å². The number of aryl methyl sites for hydroxylation is 1. The van der Waals surface area contributed by atoms with Gasteiger partial charge in [0.15, 0.2) is 5.82 Å². The van der Waals surface area contributed by atoms with Crippen molar-refractivity contribution in [3.8, 4) is 17.1 Å². The molecule has 1 unspecified atom stereocenters. The average molecular weight is 476 g/mol. The van der Waals surface area contributed by atoms with Crippen molar-refractivity contribution in [2.24, 2.45) is 0 Å². The third-order valence-corrected chi connectivity index (χ3v) is 6.78. The quantitative estimate of drug-likeness (QED) is 0.405. The van der Waals surface area contributed by atoms with Crippen molar-refractivity contribution in [3.63, 3.8) is 0 Å². The zero-order valence-electron chi connectivity index (χ0n) is 18.8. The van der Waals surface area contributed by atoms with Gasteiger partial charge in [0.2, 0.25) is 5.95 Å². The molecule has 172 valence electrons. The molecule has 34 heavy (non-hydrogen) atoms. The molecule has 0 spiro atoms. The Morgan fingerprint density at radius 2 is 1.91 bits per heavy atom. The van der Waals surface area contributed by atoms with Crippen molar-refractivity contribution in [1.82, 2.24) is 14.8 Å². The van der Waals surface area contributed by atoms with Crippen molar-refractivity contribution >= 4 is 28.9 Å². The minimum absolute atomic E-state index is 0.267. The number of carbonyl (C=O) groups excluding carboxylic acids is 1. The Kier molecular flexibility index (Phi) is 5.62. The Hall–Kier alpha value is -3.98. The maximum atomic E-state index is 13.6. The molecule has 1 amide bonds. The fourth-order valence-electron chi connectivity index (χ4n) is 4.01. The highest BCUT2D eigenvalue weighted by Gasteiger charge is 2.36. The van der Waals surface area contributed by atoms with Gasteiger partial charge in [-0.15, -0.1) is 16.4 Å². The number of nitrogens with zero attached hydrogens (tertiary/aromatic N) is 3. The van der Waals surface area contributed by atoms with Gasteiger partial charge in [-0.3, -0.25) is 4.79 Å². The van der Waals surface area contributed by atoms with Gasteiger partial charge in [0, 0.05) is 16.1 Å². The fourth-order valence-corrected chi connectivity index (χ4v) is 5.03. The molecule has 2 aromatic carbocycles. The van der Waals surface area contributed by atoms with Gasteiger partial charge in [0.1, 0.15) is 17.6 Å². The van der Waals surface area contributed by atoms with Crippen molar-refractivity contribution in [2.75, 3.05) is 17.7 Å². The molecule has 2 aromatic heterocycles. The van der Waals surface area contributed by atoms with Crippen LogP contribution in [0.4, 0.5) is 16.0 Å². The van der Waals surface area contributed by atoms with Gasteiger partial charge in [0.05, 0.1) is 18.4 Å². The number of nitrogens with one attached hydrogen (secondary N) is 2. The molecule has 0 aliphatic carbocycles. The molecule has 0 bridgehead atoms. The van der Waals surface area contributed by atoms with E-state index in [4.69, 9.17) is 9.84 Å². The number of halogens is 1. The Morgan fingerprint density at radius 3 is 2.62 bits per heavy atom. The molecular formula is C25H22FN5O2S. The number of aromatic nitrogens is 3. The molecule has 3 heterocycles. The van der Waals surface area contributed by atoms with Gasteiger partial charge in [0.25, 0.3) is 5.91 Å². The Labute approximate surface area is 199 Å². The lowest BCUT2D eigenvalue weighted by Crippen LogP contribution is -2.31. The number of thiophene rings is 1. The lowest BCUT2D eigenvalue weighted by molar-refractivity contribution is -0.113. The predicted octanol–water partition coefficient (Wildman–Crippen LogP) is 5.39. The van der Waals surface area contributed by atoms with Crippen LogP contribution >= 0.6 is 11.3 Å². The Balaban J connectivity index is 1.59. The Bertz CT molecular complexity index is 1410. The monoisotopic (exact) mass is 475 g/mol. The van der Waals surface area contributed by atoms with Crippen LogP contribution in [-0.4, -0.2) is 27.8 Å². The molecule has 1 aliphatic rings. The zero-order chi connectivity index (χ0) is 23.8. The summed E-state index contributed by atoms with van der Waals surface area (Å²) in [5.74, 6) is 0.939. The second-order valence-corrected chi connectivity index (χ2v) is 8.85. The SMILES string of the molecule is COc1ccccc1NC(=O)C1=C(C)Nc2nc(-c3ccc(F)cc3)nn2C1c1sccc1C. The van der Waals surface area contributed by atoms with Crippen molar-refractivity contribution in [3.05, 3.63) is 87.5 Å². The molecule has 9 heteroatoms. The van der Waals surface area contributed by atoms with E-state index >= 15 is 0 Å². The van der Waals surface area contributed by atoms with E-state index in [0.29, 0.717) is 40.0 Å². The number of carbonyl (C=O) groups is 1. The number of fused-ring (bicyclic) bond motifs is 1. The third-order valence-electron chi connectivity index (χ3n) is 5.70. The van der Waals surface area contributed by atoms with Crippen molar-refractivity contribution in [2.45, 2.75) is 19.9 Å². The first kappa shape index (κ1) is 21.8. The number of hydrogen-bond acceptors (Lipinski definition) is 6. The first-order chi connectivity index (χ1) is 16.5. The molecule has 4 aromatic rings. The molecule has 2 N–H and O–H groups in total. The summed E-state index contributed by atoms with van der Waals surface area (Å²) in [6.07, 6.45) is 0. The molecule has 0 saturated carbocycles. The van der Waals surface area contributed by atoms with Crippen LogP contribution in [-0.2, 0) is 4.79 Å². The summed E-state index contributed by atoms with van der Waals surface area (Å²) in [5.41, 5.74) is 3.52. The molecule has 0 fully saturated rings. The van der Waals surface area contributed by atoms with E-state index in [9.17, 15) is 9.18 Å². The minimum atomic E-state index is -0.479. The van der Waals surface area contributed by atoms with E-state index in [0.717, 1.165) is 10.4 Å². The topological polar surface area (TPSA) is 81.1 Å². The van der Waals surface area contributed by atoms with Gasteiger partial charge >= 0.3 is 0 Å². The second-order valence-electron chi connectivity index (χ2n) is 7.90. The molecule has 0 saturated heterocycles. The summed E-state index contributed by atoms with van der Waals surface area (Å²) in [6, 6.07) is 14.8. The normalized spacial score (nSPS) is 15.0. The minimum Gasteiger partial charge on any atom is -0.495 e. The van der Waals surface area contributed by atoms with E-state index in [1.165, 1.54) is 12.1 Å². The average Bonchev–Trinajstić information content (AvgIpc) is 3.44. The van der Waals surface area contributed by atoms with Crippen LogP contribution in [0, 0.1) is 12.7 Å². The third kappa shape index (κ3) is 3.84. The van der Waals surface area contributed by atoms with Gasteiger partial charge in [-0.1, -0.05) is 12.1 Å². The molecule has 1 aliphatic heterocycles. The summed E-state index contributed by atoms with van der Waals surface area (Å²) < 4.78 is 20.5. The lowest BCUT2D eigenvalue weighted by Gasteiger charge is -2.28. The number of amides is 1. The molecule has 5 rings (SSSR count). The standard InChI is InChI=1S/C25H22FN5O2S/c1-14-12-13-34-22(14)21-20(24(32)28-18-6-4-5-7-19(18)33-3)15(2)27-25-29-23(30-31(21)25)16-8-10-17(26)11-9-16/h4-13,21H,1-3H3,(H,28,32)(H,27,29,30). The molecular weight excluding hydrogens is 453 g/mol. The number of rotatable bonds is 5. The number of hydrogen-bond donors (Lipinski definition) is 2. The van der Waals surface area contributed by atoms with Gasteiger partial charge < -0.3 is 15.4 Å². The van der Waals surface area contributed by atoms with Crippen LogP contribution in [0.2, 0.25) is 0 Å². The summed E-state index contributed by atoms with van der Waals surface area (Å²) in [7, 11) is 1.56. The van der Waals surface area contributed by atoms with Crippen LogP contribution in [0.15, 0.2) is 71.2 Å². The lowest BCUT2D eigenvalue weighted by atomic mass is 9.98. The summed E-state index contributed by atoms with van der Waals surface area (Å²) in [5, 5.41) is 12.9. The summed E-state index contributed by atoms with van der Waals surface area (Å²) >= 11 is 1.56. The number of benzene rings is 2. The van der Waals surface area contributed by atoms with Gasteiger partial charge in [-0.2, -0.15) is 4.98 Å². The van der Waals surface area contributed by atoms with Crippen molar-refractivity contribution < 1.29 is 13.9 Å². The van der Waals surface area contributed by atoms with Gasteiger partial charge in [-0.05, 0) is 67.3 Å². The smallest absolute Gasteiger partial charge is 0.256 e. The fraction of sp³-hybridized carbons (Fsp3) is 0.160. The first-order valence-corrected chi connectivity index (χ1v) is 11.5. The van der Waals surface area contributed by atoms with Crippen LogP contribution in [0.25, 0.3) is 11.4 Å². The Morgan fingerprint density at radius 1 is 1.15 bits per heavy atom. The number of allylic oxidation sites excluding steroid dienone is 1. The van der Waals surface area contributed by atoms with Crippen molar-refractivity contribution in [1.29, 1.82) is 0 Å². The zero-order valence-corrected chi connectivity index (χ0v) is 19.6. The predicted molar refractivity (Wildman–Crippen MR) is 131 cm³/mol. The molecule has 0 radical (unpaired) electrons. The highest BCUT2D eigenvalue weighted by Crippen LogP contribution is 2.40. The number of methoxy groups -OCH3 is 1. The van der Waals surface area contributed by atoms with Crippen LogP contribution < -0.4 is 15.4 Å². The van der Waals surface area contributed by atoms with E-state index < -0.39 is 6.04 Å². The highest BCUT2D eigenvalue weighted by molar-refractivity contribution is 7.10. The summed E-state index contributed by atoms with van der Waals surface area (Å²) in [4.78, 5) is 19.2. The van der Waals surface area contributed by atoms with Crippen LogP contribution in [0.3, 0.4) is 0 Å². The van der Waals surface area contributed by atoms with E-state index in [2.05, 4.69) is 15.6 Å². The molecule has 7 nitrogen and oxygen atoms in total. The van der Waals surface area contributed by atoms with E-state index in [1.54, 1.807) is 47.4 Å². The first-order valence-electron chi connectivity index (χ1n) is 10.6. The second kappa shape index (κ2) is 8.75. The van der Waals surface area contributed by atoms with E-state index in [1.807, 2.05) is 37.4 Å². The number of ether oxygens (including phenoxy) is 1. The maximum absolute atomic E-state index is 13.6. The van der Waals surface area contributed by atoms with Crippen LogP contribution in [0.1, 0.15) is 23.4 Å². The number of para-hydroxylation sites is 2. The van der Waals surface area contributed by atoms with Crippen LogP contribution in [0.5, 0.6) is 5.75 Å². The maximum Gasteiger partial charge on any atom is 0.256 e. The molecule has 1 atom stereocenters.